The fraction of sp³-hybridized carbons (Fsp3) is 0.412. The summed E-state index contributed by atoms with van der Waals surface area (Å²) in [6, 6.07) is 9.96. The van der Waals surface area contributed by atoms with Crippen molar-refractivity contribution in [3.05, 3.63) is 47.8 Å². The summed E-state index contributed by atoms with van der Waals surface area (Å²) in [7, 11) is 0. The predicted octanol–water partition coefficient (Wildman–Crippen LogP) is 3.31. The van der Waals surface area contributed by atoms with E-state index in [4.69, 9.17) is 0 Å². The highest BCUT2D eigenvalue weighted by molar-refractivity contribution is 5.48. The Hall–Kier alpha value is -1.94. The quantitative estimate of drug-likeness (QED) is 0.848. The van der Waals surface area contributed by atoms with E-state index in [1.54, 1.807) is 4.80 Å². The van der Waals surface area contributed by atoms with E-state index in [2.05, 4.69) is 42.4 Å². The smallest absolute Gasteiger partial charge is 0.106 e. The molecule has 4 heteroatoms. The van der Waals surface area contributed by atoms with E-state index in [1.807, 2.05) is 36.5 Å². The van der Waals surface area contributed by atoms with Gasteiger partial charge in [0, 0.05) is 6.54 Å². The lowest BCUT2D eigenvalue weighted by atomic mass is 10.1. The molecular formula is C17H24N4. The molecule has 21 heavy (non-hydrogen) atoms. The molecule has 2 rings (SSSR count). The second-order valence-electron chi connectivity index (χ2n) is 5.58. The zero-order valence-electron chi connectivity index (χ0n) is 13.1. The molecule has 0 spiro atoms. The second-order valence-corrected chi connectivity index (χ2v) is 5.58. The normalized spacial score (nSPS) is 12.1. The highest BCUT2D eigenvalue weighted by atomic mass is 15.5. The van der Waals surface area contributed by atoms with Crippen molar-refractivity contribution < 1.29 is 0 Å². The van der Waals surface area contributed by atoms with Crippen LogP contribution >= 0.6 is 0 Å². The molecule has 0 aliphatic carbocycles. The number of hydrogen-bond donors (Lipinski definition) is 1. The first kappa shape index (κ1) is 15.4. The van der Waals surface area contributed by atoms with Gasteiger partial charge in [-0.05, 0) is 37.1 Å². The summed E-state index contributed by atoms with van der Waals surface area (Å²) in [6.07, 6.45) is 4.95. The van der Waals surface area contributed by atoms with Gasteiger partial charge in [-0.3, -0.25) is 0 Å². The largest absolute Gasteiger partial charge is 0.313 e. The highest BCUT2D eigenvalue weighted by Gasteiger charge is 2.02. The molecule has 1 aromatic carbocycles. The van der Waals surface area contributed by atoms with E-state index in [0.29, 0.717) is 5.92 Å². The Labute approximate surface area is 126 Å². The molecule has 0 amide bonds. The number of hydrogen-bond acceptors (Lipinski definition) is 3. The molecule has 1 heterocycles. The molecule has 0 aliphatic heterocycles. The van der Waals surface area contributed by atoms with Crippen LogP contribution in [-0.2, 0) is 0 Å². The number of nitrogens with one attached hydrogen (secondary N) is 1. The van der Waals surface area contributed by atoms with Crippen molar-refractivity contribution in [3.8, 4) is 5.69 Å². The fourth-order valence-corrected chi connectivity index (χ4v) is 2.04. The van der Waals surface area contributed by atoms with Crippen LogP contribution in [0.2, 0.25) is 0 Å². The summed E-state index contributed by atoms with van der Waals surface area (Å²) in [6.45, 7) is 8.55. The van der Waals surface area contributed by atoms with Crippen molar-refractivity contribution in [1.82, 2.24) is 20.3 Å². The third-order valence-electron chi connectivity index (χ3n) is 3.21. The second kappa shape index (κ2) is 7.74. The van der Waals surface area contributed by atoms with Crippen LogP contribution in [-0.4, -0.2) is 28.1 Å². The molecule has 0 bridgehead atoms. The Bertz CT molecular complexity index is 569. The molecule has 2 aromatic rings. The summed E-state index contributed by atoms with van der Waals surface area (Å²) in [5.41, 5.74) is 3.23. The Morgan fingerprint density at radius 3 is 2.71 bits per heavy atom. The van der Waals surface area contributed by atoms with E-state index in [-0.39, 0.29) is 0 Å². The standard InChI is InChI=1S/C17H24N4/c1-4-15(12-18-11-14(2)3)10-16-13-19-21(20-16)17-8-6-5-7-9-17/h5-10,13-14,18H,4,11-12H2,1-3H3. The summed E-state index contributed by atoms with van der Waals surface area (Å²) in [5.74, 6) is 0.669. The summed E-state index contributed by atoms with van der Waals surface area (Å²) < 4.78 is 0. The molecule has 1 N–H and O–H groups in total. The van der Waals surface area contributed by atoms with Crippen LogP contribution in [0.1, 0.15) is 32.9 Å². The maximum atomic E-state index is 4.51. The minimum absolute atomic E-state index is 0.669. The number of para-hydroxylation sites is 1. The summed E-state index contributed by atoms with van der Waals surface area (Å²) >= 11 is 0. The number of aromatic nitrogens is 3. The van der Waals surface area contributed by atoms with Gasteiger partial charge in [-0.1, -0.05) is 44.5 Å². The van der Waals surface area contributed by atoms with Gasteiger partial charge >= 0.3 is 0 Å². The van der Waals surface area contributed by atoms with Crippen molar-refractivity contribution in [1.29, 1.82) is 0 Å². The minimum atomic E-state index is 0.669. The number of benzene rings is 1. The lowest BCUT2D eigenvalue weighted by molar-refractivity contribution is 0.569. The van der Waals surface area contributed by atoms with Gasteiger partial charge in [0.05, 0.1) is 11.9 Å². The molecule has 0 aliphatic rings. The van der Waals surface area contributed by atoms with Gasteiger partial charge in [0.1, 0.15) is 5.69 Å². The first-order chi connectivity index (χ1) is 10.2. The van der Waals surface area contributed by atoms with Crippen molar-refractivity contribution in [2.45, 2.75) is 27.2 Å². The van der Waals surface area contributed by atoms with Gasteiger partial charge in [0.25, 0.3) is 0 Å². The third kappa shape index (κ3) is 4.83. The van der Waals surface area contributed by atoms with Gasteiger partial charge in [-0.2, -0.15) is 9.90 Å². The van der Waals surface area contributed by atoms with E-state index < -0.39 is 0 Å². The van der Waals surface area contributed by atoms with Crippen LogP contribution in [0.4, 0.5) is 0 Å². The fourth-order valence-electron chi connectivity index (χ4n) is 2.04. The molecule has 0 unspecified atom stereocenters. The van der Waals surface area contributed by atoms with Crippen molar-refractivity contribution >= 4 is 6.08 Å². The third-order valence-corrected chi connectivity index (χ3v) is 3.21. The van der Waals surface area contributed by atoms with Crippen molar-refractivity contribution in [2.24, 2.45) is 5.92 Å². The zero-order valence-corrected chi connectivity index (χ0v) is 13.1. The van der Waals surface area contributed by atoms with Crippen LogP contribution < -0.4 is 5.32 Å². The average Bonchev–Trinajstić information content (AvgIpc) is 2.95. The van der Waals surface area contributed by atoms with Gasteiger partial charge < -0.3 is 5.32 Å². The van der Waals surface area contributed by atoms with Gasteiger partial charge in [-0.15, -0.1) is 5.10 Å². The van der Waals surface area contributed by atoms with Gasteiger partial charge in [0.15, 0.2) is 0 Å². The molecule has 0 saturated carbocycles. The summed E-state index contributed by atoms with van der Waals surface area (Å²) in [5, 5.41) is 12.3. The minimum Gasteiger partial charge on any atom is -0.313 e. The topological polar surface area (TPSA) is 42.7 Å². The molecule has 0 atom stereocenters. The van der Waals surface area contributed by atoms with Crippen LogP contribution in [0.25, 0.3) is 11.8 Å². The van der Waals surface area contributed by atoms with E-state index >= 15 is 0 Å². The van der Waals surface area contributed by atoms with Crippen LogP contribution in [0.5, 0.6) is 0 Å². The maximum absolute atomic E-state index is 4.51. The Morgan fingerprint density at radius 1 is 1.29 bits per heavy atom. The number of rotatable bonds is 7. The molecular weight excluding hydrogens is 260 g/mol. The molecule has 0 saturated heterocycles. The number of nitrogens with zero attached hydrogens (tertiary/aromatic N) is 3. The highest BCUT2D eigenvalue weighted by Crippen LogP contribution is 2.09. The molecule has 1 aromatic heterocycles. The lowest BCUT2D eigenvalue weighted by Gasteiger charge is -2.08. The van der Waals surface area contributed by atoms with Crippen molar-refractivity contribution in [2.75, 3.05) is 13.1 Å². The molecule has 112 valence electrons. The zero-order chi connectivity index (χ0) is 15.1. The molecule has 0 fully saturated rings. The Balaban J connectivity index is 2.04. The molecule has 0 radical (unpaired) electrons. The lowest BCUT2D eigenvalue weighted by Crippen LogP contribution is -2.21. The first-order valence-corrected chi connectivity index (χ1v) is 7.57. The van der Waals surface area contributed by atoms with Crippen LogP contribution in [0, 0.1) is 5.92 Å². The van der Waals surface area contributed by atoms with E-state index in [9.17, 15) is 0 Å². The van der Waals surface area contributed by atoms with Crippen molar-refractivity contribution in [3.63, 3.8) is 0 Å². The average molecular weight is 284 g/mol. The van der Waals surface area contributed by atoms with E-state index in [0.717, 1.165) is 30.9 Å². The SMILES string of the molecule is CCC(=Cc1cnn(-c2ccccc2)n1)CNCC(C)C. The monoisotopic (exact) mass is 284 g/mol. The molecule has 4 nitrogen and oxygen atoms in total. The van der Waals surface area contributed by atoms with Crippen LogP contribution in [0.15, 0.2) is 42.1 Å². The Morgan fingerprint density at radius 2 is 2.05 bits per heavy atom. The summed E-state index contributed by atoms with van der Waals surface area (Å²) in [4.78, 5) is 1.67. The van der Waals surface area contributed by atoms with E-state index in [1.165, 1.54) is 5.57 Å². The predicted molar refractivity (Wildman–Crippen MR) is 87.3 cm³/mol. The Kier molecular flexibility index (Phi) is 5.69. The van der Waals surface area contributed by atoms with Crippen LogP contribution in [0.3, 0.4) is 0 Å². The van der Waals surface area contributed by atoms with Gasteiger partial charge in [0.2, 0.25) is 0 Å². The van der Waals surface area contributed by atoms with Gasteiger partial charge in [-0.25, -0.2) is 0 Å². The maximum Gasteiger partial charge on any atom is 0.106 e. The first-order valence-electron chi connectivity index (χ1n) is 7.57.